The Morgan fingerprint density at radius 2 is 2.12 bits per heavy atom. The van der Waals surface area contributed by atoms with Gasteiger partial charge in [-0.25, -0.2) is 9.78 Å². The molecule has 1 saturated heterocycles. The van der Waals surface area contributed by atoms with Crippen LogP contribution in [0.2, 0.25) is 0 Å². The third kappa shape index (κ3) is 3.36. The highest BCUT2D eigenvalue weighted by Gasteiger charge is 2.30. The Hall–Kier alpha value is -2.64. The number of esters is 1. The summed E-state index contributed by atoms with van der Waals surface area (Å²) in [5, 5.41) is 0. The molecule has 140 valence electrons. The van der Waals surface area contributed by atoms with Crippen LogP contribution in [0.25, 0.3) is 11.2 Å². The van der Waals surface area contributed by atoms with Crippen molar-refractivity contribution in [3.63, 3.8) is 0 Å². The van der Waals surface area contributed by atoms with Crippen LogP contribution in [0.15, 0.2) is 23.1 Å². The van der Waals surface area contributed by atoms with Gasteiger partial charge >= 0.3 is 11.7 Å². The van der Waals surface area contributed by atoms with Crippen LogP contribution in [0.5, 0.6) is 0 Å². The van der Waals surface area contributed by atoms with Crippen LogP contribution in [0, 0.1) is 5.92 Å². The third-order valence-corrected chi connectivity index (χ3v) is 4.78. The number of carbonyl (C=O) groups is 2. The lowest BCUT2D eigenvalue weighted by atomic mass is 9.98. The first-order valence-electron chi connectivity index (χ1n) is 9.05. The molecule has 1 fully saturated rings. The van der Waals surface area contributed by atoms with E-state index in [1.807, 2.05) is 6.92 Å². The van der Waals surface area contributed by atoms with Crippen molar-refractivity contribution in [2.45, 2.75) is 39.8 Å². The molecule has 2 aromatic rings. The fraction of sp³-hybridized carbons (Fsp3) is 0.556. The summed E-state index contributed by atoms with van der Waals surface area (Å²) in [6.07, 6.45) is 3.11. The standard InChI is InChI=1S/C18H24N4O4/c1-3-21-16-14(8-5-9-19-16)22(18(21)25)12-15(23)20-10-6-7-13(11-20)17(24)26-4-2/h5,8-9,13H,3-4,6-7,10-12H2,1-2H3/t13-/m1/s1. The van der Waals surface area contributed by atoms with E-state index in [2.05, 4.69) is 4.98 Å². The number of ether oxygens (including phenoxy) is 1. The van der Waals surface area contributed by atoms with E-state index >= 15 is 0 Å². The number of piperidine rings is 1. The lowest BCUT2D eigenvalue weighted by molar-refractivity contribution is -0.151. The lowest BCUT2D eigenvalue weighted by Gasteiger charge is -2.31. The number of hydrogen-bond acceptors (Lipinski definition) is 5. The fourth-order valence-corrected chi connectivity index (χ4v) is 3.48. The topological polar surface area (TPSA) is 86.4 Å². The molecule has 8 nitrogen and oxygen atoms in total. The number of imidazole rings is 1. The molecule has 0 radical (unpaired) electrons. The monoisotopic (exact) mass is 360 g/mol. The minimum atomic E-state index is -0.289. The van der Waals surface area contributed by atoms with E-state index in [4.69, 9.17) is 4.74 Å². The summed E-state index contributed by atoms with van der Waals surface area (Å²) in [4.78, 5) is 43.3. The number of nitrogens with zero attached hydrogens (tertiary/aromatic N) is 4. The van der Waals surface area contributed by atoms with E-state index in [-0.39, 0.29) is 30.0 Å². The zero-order valence-electron chi connectivity index (χ0n) is 15.2. The van der Waals surface area contributed by atoms with Crippen LogP contribution in [0.1, 0.15) is 26.7 Å². The molecule has 0 aliphatic carbocycles. The highest BCUT2D eigenvalue weighted by molar-refractivity contribution is 5.80. The van der Waals surface area contributed by atoms with Gasteiger partial charge in [0.15, 0.2) is 5.65 Å². The molecule has 3 rings (SSSR count). The lowest BCUT2D eigenvalue weighted by Crippen LogP contribution is -2.45. The normalized spacial score (nSPS) is 17.5. The van der Waals surface area contributed by atoms with E-state index < -0.39 is 0 Å². The zero-order chi connectivity index (χ0) is 18.7. The average Bonchev–Trinajstić information content (AvgIpc) is 2.93. The molecule has 2 aromatic heterocycles. The minimum absolute atomic E-state index is 0.0520. The van der Waals surface area contributed by atoms with Gasteiger partial charge in [0.25, 0.3) is 0 Å². The second kappa shape index (κ2) is 7.72. The predicted molar refractivity (Wildman–Crippen MR) is 95.6 cm³/mol. The van der Waals surface area contributed by atoms with Gasteiger partial charge in [0.2, 0.25) is 5.91 Å². The van der Waals surface area contributed by atoms with Gasteiger partial charge in [-0.3, -0.25) is 18.7 Å². The van der Waals surface area contributed by atoms with Crippen molar-refractivity contribution >= 4 is 23.0 Å². The number of fused-ring (bicyclic) bond motifs is 1. The first kappa shape index (κ1) is 18.2. The zero-order valence-corrected chi connectivity index (χ0v) is 15.2. The number of aromatic nitrogens is 3. The largest absolute Gasteiger partial charge is 0.466 e. The van der Waals surface area contributed by atoms with Gasteiger partial charge in [0, 0.05) is 25.8 Å². The van der Waals surface area contributed by atoms with E-state index in [1.165, 1.54) is 4.57 Å². The Kier molecular flexibility index (Phi) is 5.39. The van der Waals surface area contributed by atoms with E-state index in [1.54, 1.807) is 34.7 Å². The Labute approximate surface area is 151 Å². The second-order valence-corrected chi connectivity index (χ2v) is 6.39. The molecule has 0 N–H and O–H groups in total. The molecule has 1 amide bonds. The Morgan fingerprint density at radius 3 is 2.85 bits per heavy atom. The molecule has 3 heterocycles. The van der Waals surface area contributed by atoms with E-state index in [0.29, 0.717) is 37.4 Å². The number of carbonyl (C=O) groups excluding carboxylic acids is 2. The second-order valence-electron chi connectivity index (χ2n) is 6.39. The summed E-state index contributed by atoms with van der Waals surface area (Å²) in [5.41, 5.74) is 0.982. The number of amides is 1. The molecule has 1 atom stereocenters. The quantitative estimate of drug-likeness (QED) is 0.743. The van der Waals surface area contributed by atoms with Crippen molar-refractivity contribution < 1.29 is 14.3 Å². The molecule has 0 aromatic carbocycles. The maximum absolute atomic E-state index is 12.8. The molecular formula is C18H24N4O4. The van der Waals surface area contributed by atoms with Crippen LogP contribution in [-0.2, 0) is 27.4 Å². The number of pyridine rings is 1. The number of aryl methyl sites for hydroxylation is 1. The van der Waals surface area contributed by atoms with Crippen LogP contribution < -0.4 is 5.69 Å². The first-order chi connectivity index (χ1) is 12.6. The van der Waals surface area contributed by atoms with Gasteiger partial charge < -0.3 is 9.64 Å². The van der Waals surface area contributed by atoms with Gasteiger partial charge in [-0.15, -0.1) is 0 Å². The van der Waals surface area contributed by atoms with Gasteiger partial charge in [-0.1, -0.05) is 0 Å². The molecule has 0 bridgehead atoms. The summed E-state index contributed by atoms with van der Waals surface area (Å²) in [6, 6.07) is 3.54. The van der Waals surface area contributed by atoms with Gasteiger partial charge in [-0.05, 0) is 38.8 Å². The van der Waals surface area contributed by atoms with Crippen molar-refractivity contribution in [1.29, 1.82) is 0 Å². The summed E-state index contributed by atoms with van der Waals surface area (Å²) >= 11 is 0. The van der Waals surface area contributed by atoms with E-state index in [9.17, 15) is 14.4 Å². The Bertz CT molecular complexity index is 870. The maximum Gasteiger partial charge on any atom is 0.330 e. The predicted octanol–water partition coefficient (Wildman–Crippen LogP) is 1.02. The van der Waals surface area contributed by atoms with Crippen molar-refractivity contribution in [1.82, 2.24) is 19.0 Å². The molecule has 26 heavy (non-hydrogen) atoms. The summed E-state index contributed by atoms with van der Waals surface area (Å²) in [7, 11) is 0. The number of rotatable bonds is 5. The Balaban J connectivity index is 1.80. The molecule has 1 aliphatic heterocycles. The van der Waals surface area contributed by atoms with Crippen molar-refractivity contribution in [2.75, 3.05) is 19.7 Å². The summed E-state index contributed by atoms with van der Waals surface area (Å²) in [5.74, 6) is -0.711. The van der Waals surface area contributed by atoms with Crippen molar-refractivity contribution in [3.05, 3.63) is 28.8 Å². The van der Waals surface area contributed by atoms with Crippen LogP contribution in [0.3, 0.4) is 0 Å². The van der Waals surface area contributed by atoms with Crippen molar-refractivity contribution in [3.8, 4) is 0 Å². The van der Waals surface area contributed by atoms with Crippen LogP contribution in [-0.4, -0.2) is 50.6 Å². The molecule has 0 saturated carbocycles. The maximum atomic E-state index is 12.8. The summed E-state index contributed by atoms with van der Waals surface area (Å²) in [6.45, 7) is 5.35. The number of likely N-dealkylation sites (tertiary alicyclic amines) is 1. The van der Waals surface area contributed by atoms with Crippen LogP contribution >= 0.6 is 0 Å². The van der Waals surface area contributed by atoms with Gasteiger partial charge in [0.05, 0.1) is 18.0 Å². The fourth-order valence-electron chi connectivity index (χ4n) is 3.48. The summed E-state index contributed by atoms with van der Waals surface area (Å²) < 4.78 is 8.09. The Morgan fingerprint density at radius 1 is 1.31 bits per heavy atom. The third-order valence-electron chi connectivity index (χ3n) is 4.78. The van der Waals surface area contributed by atoms with Crippen molar-refractivity contribution in [2.24, 2.45) is 5.92 Å². The average molecular weight is 360 g/mol. The first-order valence-corrected chi connectivity index (χ1v) is 9.05. The molecular weight excluding hydrogens is 336 g/mol. The minimum Gasteiger partial charge on any atom is -0.466 e. The molecule has 8 heteroatoms. The van der Waals surface area contributed by atoms with Crippen LogP contribution in [0.4, 0.5) is 0 Å². The van der Waals surface area contributed by atoms with E-state index in [0.717, 1.165) is 12.8 Å². The molecule has 0 spiro atoms. The molecule has 1 aliphatic rings. The highest BCUT2D eigenvalue weighted by Crippen LogP contribution is 2.19. The van der Waals surface area contributed by atoms with Gasteiger partial charge in [0.1, 0.15) is 6.54 Å². The SMILES string of the molecule is CCOC(=O)[C@@H]1CCCN(C(=O)Cn2c(=O)n(CC)c3ncccc32)C1. The molecule has 0 unspecified atom stereocenters. The number of hydrogen-bond donors (Lipinski definition) is 0. The van der Waals surface area contributed by atoms with Gasteiger partial charge in [-0.2, -0.15) is 0 Å². The smallest absolute Gasteiger partial charge is 0.330 e. The highest BCUT2D eigenvalue weighted by atomic mass is 16.5.